The van der Waals surface area contributed by atoms with Crippen molar-refractivity contribution in [2.24, 2.45) is 0 Å². The molecule has 0 aliphatic carbocycles. The number of nitrogens with one attached hydrogen (secondary N) is 1. The van der Waals surface area contributed by atoms with E-state index in [1.54, 1.807) is 0 Å². The third-order valence-electron chi connectivity index (χ3n) is 3.22. The van der Waals surface area contributed by atoms with Gasteiger partial charge >= 0.3 is 0 Å². The number of rotatable bonds is 3. The molecule has 9 heteroatoms. The molecule has 112 valence electrons. The number of hydrogen-bond donors (Lipinski definition) is 2. The summed E-state index contributed by atoms with van der Waals surface area (Å²) in [5.41, 5.74) is 0. The summed E-state index contributed by atoms with van der Waals surface area (Å²) in [5, 5.41) is 12.6. The van der Waals surface area contributed by atoms with Crippen molar-refractivity contribution in [3.05, 3.63) is 28.2 Å². The van der Waals surface area contributed by atoms with E-state index in [4.69, 9.17) is 0 Å². The number of benzene rings is 1. The van der Waals surface area contributed by atoms with Crippen LogP contribution in [-0.2, 0) is 10.0 Å². The molecular weight excluding hydrogens is 358 g/mol. The van der Waals surface area contributed by atoms with Gasteiger partial charge in [0.1, 0.15) is 16.5 Å². The zero-order valence-electron chi connectivity index (χ0n) is 10.5. The molecular formula is C11H13BrF2N2O3S. The summed E-state index contributed by atoms with van der Waals surface area (Å²) in [5.74, 6) is -2.05. The van der Waals surface area contributed by atoms with Crippen LogP contribution in [0.5, 0.6) is 0 Å². The Balaban J connectivity index is 2.45. The van der Waals surface area contributed by atoms with Crippen molar-refractivity contribution in [2.45, 2.75) is 17.0 Å². The minimum atomic E-state index is -4.19. The van der Waals surface area contributed by atoms with E-state index in [0.717, 1.165) is 10.4 Å². The van der Waals surface area contributed by atoms with Crippen LogP contribution in [-0.4, -0.2) is 50.1 Å². The first-order valence-electron chi connectivity index (χ1n) is 5.76. The van der Waals surface area contributed by atoms with Gasteiger partial charge in [-0.25, -0.2) is 17.2 Å². The van der Waals surface area contributed by atoms with Gasteiger partial charge in [0.15, 0.2) is 0 Å². The van der Waals surface area contributed by atoms with Crippen LogP contribution in [0.4, 0.5) is 8.78 Å². The van der Waals surface area contributed by atoms with Gasteiger partial charge in [-0.3, -0.25) is 0 Å². The molecule has 0 spiro atoms. The second kappa shape index (κ2) is 5.64. The largest absolute Gasteiger partial charge is 0.390 e. The van der Waals surface area contributed by atoms with E-state index in [2.05, 4.69) is 21.2 Å². The molecule has 0 saturated carbocycles. The Morgan fingerprint density at radius 1 is 1.40 bits per heavy atom. The number of β-amino-alcohol motifs (C(OH)–C–C–N with tert-alkyl or cyclic N) is 1. The minimum Gasteiger partial charge on any atom is -0.390 e. The van der Waals surface area contributed by atoms with Crippen LogP contribution in [0.15, 0.2) is 21.5 Å². The smallest absolute Gasteiger partial charge is 0.247 e. The van der Waals surface area contributed by atoms with Crippen LogP contribution in [0.3, 0.4) is 0 Å². The number of aliphatic hydroxyl groups is 1. The molecule has 0 unspecified atom stereocenters. The average Bonchev–Trinajstić information content (AvgIpc) is 2.72. The quantitative estimate of drug-likeness (QED) is 0.820. The van der Waals surface area contributed by atoms with Crippen LogP contribution in [0, 0.1) is 11.6 Å². The van der Waals surface area contributed by atoms with Crippen molar-refractivity contribution in [1.82, 2.24) is 9.62 Å². The maximum Gasteiger partial charge on any atom is 0.247 e. The first-order chi connectivity index (χ1) is 9.25. The number of hydrogen-bond acceptors (Lipinski definition) is 4. The van der Waals surface area contributed by atoms with E-state index in [1.165, 1.54) is 7.05 Å². The van der Waals surface area contributed by atoms with Gasteiger partial charge in [-0.05, 0) is 22.0 Å². The van der Waals surface area contributed by atoms with Crippen LogP contribution in [0.25, 0.3) is 0 Å². The van der Waals surface area contributed by atoms with Crippen molar-refractivity contribution in [1.29, 1.82) is 0 Å². The van der Waals surface area contributed by atoms with Gasteiger partial charge in [-0.1, -0.05) is 0 Å². The highest BCUT2D eigenvalue weighted by atomic mass is 79.9. The maximum absolute atomic E-state index is 13.8. The molecule has 1 heterocycles. The van der Waals surface area contributed by atoms with E-state index in [9.17, 15) is 22.3 Å². The highest BCUT2D eigenvalue weighted by Crippen LogP contribution is 2.30. The number of likely N-dealkylation sites (N-methyl/N-ethyl adjacent to an activating group) is 1. The molecule has 1 aliphatic rings. The molecule has 1 saturated heterocycles. The molecule has 1 aromatic rings. The van der Waals surface area contributed by atoms with E-state index < -0.39 is 38.7 Å². The van der Waals surface area contributed by atoms with Crippen molar-refractivity contribution in [3.63, 3.8) is 0 Å². The second-order valence-electron chi connectivity index (χ2n) is 4.51. The van der Waals surface area contributed by atoms with E-state index >= 15 is 0 Å². The standard InChI is InChI=1S/C11H13BrF2N2O3S/c1-16(9-4-15-5-10(9)17)20(18,19)11-7(12)2-6(13)3-8(11)14/h2-3,9-10,15,17H,4-5H2,1H3/t9-,10-/m0/s1. The molecule has 2 N–H and O–H groups in total. The lowest BCUT2D eigenvalue weighted by Crippen LogP contribution is -2.44. The van der Waals surface area contributed by atoms with Gasteiger partial charge in [0, 0.05) is 30.7 Å². The first kappa shape index (κ1) is 15.8. The Hall–Kier alpha value is -0.610. The van der Waals surface area contributed by atoms with E-state index in [0.29, 0.717) is 6.07 Å². The van der Waals surface area contributed by atoms with Gasteiger partial charge in [-0.15, -0.1) is 0 Å². The molecule has 0 amide bonds. The number of nitrogens with zero attached hydrogens (tertiary/aromatic N) is 1. The number of sulfonamides is 1. The fourth-order valence-corrected chi connectivity index (χ4v) is 4.61. The lowest BCUT2D eigenvalue weighted by Gasteiger charge is -2.26. The monoisotopic (exact) mass is 370 g/mol. The summed E-state index contributed by atoms with van der Waals surface area (Å²) in [6.07, 6.45) is -0.878. The van der Waals surface area contributed by atoms with E-state index in [-0.39, 0.29) is 17.6 Å². The molecule has 1 aliphatic heterocycles. The molecule has 0 aromatic heterocycles. The molecule has 0 radical (unpaired) electrons. The maximum atomic E-state index is 13.8. The molecule has 2 rings (SSSR count). The Morgan fingerprint density at radius 3 is 2.55 bits per heavy atom. The SMILES string of the molecule is CN([C@H]1CNC[C@@H]1O)S(=O)(=O)c1c(F)cc(F)cc1Br. The third-order valence-corrected chi connectivity index (χ3v) is 6.07. The predicted molar refractivity (Wildman–Crippen MR) is 71.7 cm³/mol. The highest BCUT2D eigenvalue weighted by molar-refractivity contribution is 9.10. The molecule has 2 atom stereocenters. The first-order valence-corrected chi connectivity index (χ1v) is 8.00. The fraction of sp³-hybridized carbons (Fsp3) is 0.455. The third kappa shape index (κ3) is 2.73. The summed E-state index contributed by atoms with van der Waals surface area (Å²) in [6, 6.07) is 0.693. The highest BCUT2D eigenvalue weighted by Gasteiger charge is 2.38. The van der Waals surface area contributed by atoms with Crippen molar-refractivity contribution in [3.8, 4) is 0 Å². The lowest BCUT2D eigenvalue weighted by atomic mass is 10.2. The van der Waals surface area contributed by atoms with Gasteiger partial charge in [0.25, 0.3) is 0 Å². The molecule has 1 fully saturated rings. The topological polar surface area (TPSA) is 69.6 Å². The Labute approximate surface area is 123 Å². The van der Waals surface area contributed by atoms with Crippen molar-refractivity contribution >= 4 is 26.0 Å². The molecule has 0 bridgehead atoms. The second-order valence-corrected chi connectivity index (χ2v) is 7.30. The Kier molecular flexibility index (Phi) is 4.45. The van der Waals surface area contributed by atoms with Gasteiger partial charge in [-0.2, -0.15) is 4.31 Å². The Morgan fingerprint density at radius 2 is 2.05 bits per heavy atom. The Bertz CT molecular complexity index is 603. The molecule has 5 nitrogen and oxygen atoms in total. The summed E-state index contributed by atoms with van der Waals surface area (Å²) < 4.78 is 52.4. The van der Waals surface area contributed by atoms with Gasteiger partial charge in [0.2, 0.25) is 10.0 Å². The zero-order valence-corrected chi connectivity index (χ0v) is 12.9. The van der Waals surface area contributed by atoms with Gasteiger partial charge < -0.3 is 10.4 Å². The lowest BCUT2D eigenvalue weighted by molar-refractivity contribution is 0.136. The predicted octanol–water partition coefficient (Wildman–Crippen LogP) is 0.680. The van der Waals surface area contributed by atoms with Crippen LogP contribution in [0.1, 0.15) is 0 Å². The number of halogens is 3. The zero-order chi connectivity index (χ0) is 15.1. The average molecular weight is 371 g/mol. The summed E-state index contributed by atoms with van der Waals surface area (Å²) >= 11 is 2.86. The molecule has 20 heavy (non-hydrogen) atoms. The van der Waals surface area contributed by atoms with Crippen LogP contribution >= 0.6 is 15.9 Å². The van der Waals surface area contributed by atoms with Gasteiger partial charge in [0.05, 0.1) is 12.1 Å². The van der Waals surface area contributed by atoms with Crippen LogP contribution in [0.2, 0.25) is 0 Å². The fourth-order valence-electron chi connectivity index (χ4n) is 2.12. The number of aliphatic hydroxyl groups excluding tert-OH is 1. The van der Waals surface area contributed by atoms with Crippen molar-refractivity contribution in [2.75, 3.05) is 20.1 Å². The molecule has 1 aromatic carbocycles. The summed E-state index contributed by atoms with van der Waals surface area (Å²) in [7, 11) is -2.93. The van der Waals surface area contributed by atoms with Crippen LogP contribution < -0.4 is 5.32 Å². The normalized spacial score (nSPS) is 23.5. The van der Waals surface area contributed by atoms with Crippen molar-refractivity contribution < 1.29 is 22.3 Å². The summed E-state index contributed by atoms with van der Waals surface area (Å²) in [4.78, 5) is -0.638. The summed E-state index contributed by atoms with van der Waals surface area (Å²) in [6.45, 7) is 0.523. The minimum absolute atomic E-state index is 0.192. The van der Waals surface area contributed by atoms with E-state index in [1.807, 2.05) is 0 Å².